The molecule has 0 aliphatic heterocycles. The van der Waals surface area contributed by atoms with E-state index in [2.05, 4.69) is 9.97 Å². The topological polar surface area (TPSA) is 220 Å². The van der Waals surface area contributed by atoms with Crippen molar-refractivity contribution < 1.29 is 67.3 Å². The maximum absolute atomic E-state index is 10.2. The molecule has 0 aliphatic rings. The summed E-state index contributed by atoms with van der Waals surface area (Å²) in [6.07, 6.45) is 1.81. The van der Waals surface area contributed by atoms with E-state index in [-0.39, 0.29) is 39.6 Å². The summed E-state index contributed by atoms with van der Waals surface area (Å²) in [5.74, 6) is -5.68. The second-order valence-electron chi connectivity index (χ2n) is 5.17. The van der Waals surface area contributed by atoms with E-state index in [1.54, 1.807) is 0 Å². The van der Waals surface area contributed by atoms with Crippen LogP contribution in [0.3, 0.4) is 0 Å². The summed E-state index contributed by atoms with van der Waals surface area (Å²) >= 11 is 0. The Bertz CT molecular complexity index is 679. The van der Waals surface area contributed by atoms with Gasteiger partial charge in [0.2, 0.25) is 0 Å². The molecule has 2 rings (SSSR count). The molecule has 0 fully saturated rings. The SMILES string of the molecule is C[NH2+]C.C[NH2+]C.O=C([O-])c1ccc(C(=O)[O-])nc1.O=C([O-])c1ccc(C(=O)[O-])nc1.[Cu+2]. The minimum atomic E-state index is -1.44. The Kier molecular flexibility index (Phi) is 19.4. The molecule has 173 valence electrons. The number of carboxylic acids is 4. The van der Waals surface area contributed by atoms with E-state index in [0.717, 1.165) is 36.7 Å². The zero-order chi connectivity index (χ0) is 23.7. The third-order valence-corrected chi connectivity index (χ3v) is 2.42. The molecule has 2 aromatic heterocycles. The van der Waals surface area contributed by atoms with Crippen molar-refractivity contribution in [1.82, 2.24) is 9.97 Å². The number of carbonyl (C=O) groups excluding carboxylic acids is 4. The molecular formula is C18H22CuN4O8. The minimum Gasteiger partial charge on any atom is -0.545 e. The monoisotopic (exact) mass is 485 g/mol. The van der Waals surface area contributed by atoms with Gasteiger partial charge >= 0.3 is 17.1 Å². The van der Waals surface area contributed by atoms with E-state index in [0.29, 0.717) is 0 Å². The minimum absolute atomic E-state index is 0. The van der Waals surface area contributed by atoms with Crippen LogP contribution >= 0.6 is 0 Å². The smallest absolute Gasteiger partial charge is 0.545 e. The number of aromatic nitrogens is 2. The molecule has 0 atom stereocenters. The first kappa shape index (κ1) is 32.3. The zero-order valence-electron chi connectivity index (χ0n) is 17.1. The van der Waals surface area contributed by atoms with E-state index >= 15 is 0 Å². The van der Waals surface area contributed by atoms with Crippen LogP contribution in [-0.2, 0) is 17.1 Å². The van der Waals surface area contributed by atoms with E-state index in [9.17, 15) is 39.6 Å². The number of hydrogen-bond donors (Lipinski definition) is 2. The van der Waals surface area contributed by atoms with Crippen LogP contribution in [0.4, 0.5) is 0 Å². The number of pyridine rings is 2. The number of nitrogens with two attached hydrogens (primary N) is 2. The first-order valence-electron chi connectivity index (χ1n) is 8.30. The maximum Gasteiger partial charge on any atom is 2.00 e. The van der Waals surface area contributed by atoms with Gasteiger partial charge in [-0.2, -0.15) is 0 Å². The second kappa shape index (κ2) is 18.6. The van der Waals surface area contributed by atoms with Gasteiger partial charge in [0.05, 0.1) is 63.5 Å². The molecular weight excluding hydrogens is 464 g/mol. The van der Waals surface area contributed by atoms with E-state index < -0.39 is 23.9 Å². The summed E-state index contributed by atoms with van der Waals surface area (Å²) in [6.45, 7) is 0. The first-order valence-corrected chi connectivity index (χ1v) is 8.30. The van der Waals surface area contributed by atoms with E-state index in [4.69, 9.17) is 0 Å². The molecule has 0 unspecified atom stereocenters. The number of quaternary nitrogens is 2. The van der Waals surface area contributed by atoms with Crippen LogP contribution in [-0.4, -0.2) is 62.0 Å². The van der Waals surface area contributed by atoms with Crippen LogP contribution in [0, 0.1) is 0 Å². The first-order chi connectivity index (χ1) is 14.0. The second-order valence-corrected chi connectivity index (χ2v) is 5.17. The van der Waals surface area contributed by atoms with Crippen molar-refractivity contribution in [3.05, 3.63) is 59.2 Å². The van der Waals surface area contributed by atoms with Crippen molar-refractivity contribution in [2.75, 3.05) is 28.2 Å². The average molecular weight is 486 g/mol. The predicted octanol–water partition coefficient (Wildman–Crippen LogP) is -6.77. The summed E-state index contributed by atoms with van der Waals surface area (Å²) < 4.78 is 0. The van der Waals surface area contributed by atoms with Gasteiger partial charge in [0.25, 0.3) is 0 Å². The molecule has 0 aliphatic carbocycles. The fourth-order valence-electron chi connectivity index (χ4n) is 1.27. The molecule has 13 heteroatoms. The fraction of sp³-hybridized carbons (Fsp3) is 0.222. The van der Waals surface area contributed by atoms with Gasteiger partial charge in [-0.3, -0.25) is 9.97 Å². The largest absolute Gasteiger partial charge is 2.00 e. The number of nitrogens with zero attached hydrogens (tertiary/aromatic N) is 2. The van der Waals surface area contributed by atoms with Crippen LogP contribution < -0.4 is 31.1 Å². The number of carboxylic acid groups (broad SMARTS) is 4. The maximum atomic E-state index is 10.2. The van der Waals surface area contributed by atoms with Crippen molar-refractivity contribution in [1.29, 1.82) is 0 Å². The number of aromatic carboxylic acids is 4. The quantitative estimate of drug-likeness (QED) is 0.389. The van der Waals surface area contributed by atoms with Gasteiger partial charge in [-0.15, -0.1) is 0 Å². The van der Waals surface area contributed by atoms with Gasteiger partial charge in [-0.05, 0) is 24.3 Å². The summed E-state index contributed by atoms with van der Waals surface area (Å²) in [6, 6.07) is 4.27. The van der Waals surface area contributed by atoms with Crippen molar-refractivity contribution in [3.63, 3.8) is 0 Å². The van der Waals surface area contributed by atoms with Crippen molar-refractivity contribution >= 4 is 23.9 Å². The summed E-state index contributed by atoms with van der Waals surface area (Å²) in [5, 5.41) is 44.6. The average Bonchev–Trinajstić information content (AvgIpc) is 2.69. The zero-order valence-corrected chi connectivity index (χ0v) is 18.0. The Labute approximate surface area is 188 Å². The molecule has 12 nitrogen and oxygen atoms in total. The molecule has 0 bridgehead atoms. The predicted molar refractivity (Wildman–Crippen MR) is 93.3 cm³/mol. The van der Waals surface area contributed by atoms with E-state index in [1.165, 1.54) is 0 Å². The van der Waals surface area contributed by atoms with Gasteiger partial charge in [-0.1, -0.05) is 0 Å². The van der Waals surface area contributed by atoms with Gasteiger partial charge in [0.15, 0.2) is 0 Å². The van der Waals surface area contributed by atoms with Crippen LogP contribution in [0.2, 0.25) is 0 Å². The van der Waals surface area contributed by atoms with Crippen molar-refractivity contribution in [3.8, 4) is 0 Å². The molecule has 0 saturated heterocycles. The molecule has 2 heterocycles. The Morgan fingerprint density at radius 1 is 0.613 bits per heavy atom. The molecule has 31 heavy (non-hydrogen) atoms. The van der Waals surface area contributed by atoms with E-state index in [1.807, 2.05) is 38.8 Å². The molecule has 0 aromatic carbocycles. The Hall–Kier alpha value is -3.38. The molecule has 0 saturated carbocycles. The van der Waals surface area contributed by atoms with Crippen LogP contribution in [0.25, 0.3) is 0 Å². The Morgan fingerprint density at radius 3 is 1.00 bits per heavy atom. The van der Waals surface area contributed by atoms with Gasteiger partial charge in [0, 0.05) is 23.5 Å². The normalized spacial score (nSPS) is 8.39. The molecule has 4 N–H and O–H groups in total. The van der Waals surface area contributed by atoms with Gasteiger partial charge in [0.1, 0.15) is 0 Å². The van der Waals surface area contributed by atoms with Crippen molar-refractivity contribution in [2.24, 2.45) is 0 Å². The van der Waals surface area contributed by atoms with Crippen LogP contribution in [0.5, 0.6) is 0 Å². The third kappa shape index (κ3) is 15.2. The van der Waals surface area contributed by atoms with Crippen molar-refractivity contribution in [2.45, 2.75) is 0 Å². The number of carbonyl (C=O) groups is 4. The van der Waals surface area contributed by atoms with Crippen LogP contribution in [0.15, 0.2) is 36.7 Å². The standard InChI is InChI=1S/2C7H5NO4.2C2H7N.Cu/c2*9-6(10)4-1-2-5(7(11)12)8-3-4;2*1-3-2;/h2*1-3H,(H,9,10)(H,11,12);2*3H,1-2H3;/q;;;;+2/p-2. The molecule has 0 spiro atoms. The molecule has 0 amide bonds. The fourth-order valence-corrected chi connectivity index (χ4v) is 1.27. The Balaban J connectivity index is -0.000000394. The van der Waals surface area contributed by atoms with Gasteiger partial charge in [-0.25, -0.2) is 0 Å². The Morgan fingerprint density at radius 2 is 0.871 bits per heavy atom. The third-order valence-electron chi connectivity index (χ3n) is 2.42. The number of hydrogen-bond acceptors (Lipinski definition) is 10. The van der Waals surface area contributed by atoms with Gasteiger partial charge < -0.3 is 50.2 Å². The number of rotatable bonds is 4. The molecule has 2 aromatic rings. The van der Waals surface area contributed by atoms with Crippen LogP contribution in [0.1, 0.15) is 41.7 Å². The summed E-state index contributed by atoms with van der Waals surface area (Å²) in [4.78, 5) is 47.3. The molecule has 1 radical (unpaired) electrons. The summed E-state index contributed by atoms with van der Waals surface area (Å²) in [7, 11) is 8.00. The summed E-state index contributed by atoms with van der Waals surface area (Å²) in [5.41, 5.74) is -0.944.